The Balaban J connectivity index is 3.56. The number of carboxylic acid groups (broad SMARTS) is 1. The number of amides is 11. The number of carbonyl (C=O) groups is 12. The van der Waals surface area contributed by atoms with Gasteiger partial charge in [0.05, 0.1) is 25.4 Å². The third kappa shape index (κ3) is 26.8. The number of hydrogen-bond acceptors (Lipinski definition) is 18. The summed E-state index contributed by atoms with van der Waals surface area (Å²) in [5.74, 6) is -13.8. The molecule has 21 N–H and O–H groups in total. The van der Waals surface area contributed by atoms with Gasteiger partial charge in [-0.05, 0) is 93.9 Å². The Morgan fingerprint density at radius 3 is 1.42 bits per heavy atom. The fourth-order valence-electron chi connectivity index (χ4n) is 8.47. The minimum atomic E-state index is -1.88. The summed E-state index contributed by atoms with van der Waals surface area (Å²) in [6.45, 7) is 14.3. The number of hydrogen-bond donors (Lipinski definition) is 18. The SMILES string of the molecule is CC[C@H](C)[C@H](NC(=O)[C@H](CC(C)C)NC(=O)[C@H](CCC(=O)O)NC(=O)[C@@H](NC(=O)[C@H](CCCCN)NC(=O)[C@@H](NC(=O)[C@H](Cc1ccc(O)cc1)NC(=O)CNC(=O)[C@@H](N)[C@@H](C)O)[C@@H](C)CC)[C@@H](C)O)C(=O)N[C@@H](CO)C(=O)N[C@H](C(N)=O)C(C)C. The minimum Gasteiger partial charge on any atom is -0.508 e. The number of aliphatic hydroxyl groups is 3. The average molecular weight is 1220 g/mol. The van der Waals surface area contributed by atoms with Gasteiger partial charge in [0.25, 0.3) is 0 Å². The first kappa shape index (κ1) is 76.5. The predicted molar refractivity (Wildman–Crippen MR) is 313 cm³/mol. The normalized spacial score (nSPS) is 16.2. The fourth-order valence-corrected chi connectivity index (χ4v) is 8.47. The van der Waals surface area contributed by atoms with E-state index in [-0.39, 0.29) is 43.9 Å². The molecule has 486 valence electrons. The van der Waals surface area contributed by atoms with Crippen LogP contribution < -0.4 is 70.4 Å². The summed E-state index contributed by atoms with van der Waals surface area (Å²) in [6, 6.07) is -9.07. The number of nitrogens with two attached hydrogens (primary N) is 3. The van der Waals surface area contributed by atoms with Crippen molar-refractivity contribution in [2.24, 2.45) is 40.9 Å². The smallest absolute Gasteiger partial charge is 0.303 e. The third-order valence-corrected chi connectivity index (χ3v) is 14.2. The molecule has 0 radical (unpaired) electrons. The summed E-state index contributed by atoms with van der Waals surface area (Å²) in [4.78, 5) is 161. The van der Waals surface area contributed by atoms with Crippen molar-refractivity contribution in [3.8, 4) is 5.75 Å². The van der Waals surface area contributed by atoms with E-state index < -0.39 is 187 Å². The van der Waals surface area contributed by atoms with Crippen LogP contribution in [0.2, 0.25) is 0 Å². The standard InChI is InChI=1S/C56H95N13O17/c1-11-29(7)44(68-51(81)38(24-33-16-18-34(73)19-17-33)61-40(74)25-60-53(83)42(58)31(9)71)54(84)62-35(15-13-14-22-57)49(79)69-46(32(10)72)56(86)63-36(20-21-41(75)76)48(78)64-37(23-27(3)4)50(80)67-45(30(8)12-2)55(85)65-39(26-70)52(82)66-43(28(5)6)47(59)77/h16-19,27-32,35-39,42-46,70-73H,11-15,20-26,57-58H2,1-10H3,(H2,59,77)(H,60,83)(H,61,74)(H,62,84)(H,63,86)(H,64,78)(H,65,85)(H,66,82)(H,67,80)(H,68,81)(H,69,79)(H,75,76)/t29-,30-,31+,32+,35-,36-,37-,38-,39-,42-,43-,44-,45-,46-/m0/s1. The van der Waals surface area contributed by atoms with Crippen molar-refractivity contribution in [2.45, 2.75) is 200 Å². The number of benzene rings is 1. The molecule has 1 aromatic rings. The maximum atomic E-state index is 14.3. The van der Waals surface area contributed by atoms with Crippen LogP contribution in [-0.2, 0) is 64.0 Å². The number of rotatable bonds is 40. The van der Waals surface area contributed by atoms with E-state index >= 15 is 0 Å². The highest BCUT2D eigenvalue weighted by Gasteiger charge is 2.38. The fraction of sp³-hybridized carbons (Fsp3) is 0.679. The lowest BCUT2D eigenvalue weighted by Gasteiger charge is -2.30. The molecule has 0 fully saturated rings. The van der Waals surface area contributed by atoms with Gasteiger partial charge >= 0.3 is 5.97 Å². The molecule has 0 bridgehead atoms. The Morgan fingerprint density at radius 2 is 0.965 bits per heavy atom. The molecule has 30 nitrogen and oxygen atoms in total. The van der Waals surface area contributed by atoms with E-state index in [1.54, 1.807) is 55.4 Å². The van der Waals surface area contributed by atoms with E-state index in [0.717, 1.165) is 6.92 Å². The molecular weight excluding hydrogens is 1130 g/mol. The summed E-state index contributed by atoms with van der Waals surface area (Å²) in [6.07, 6.45) is -3.38. The van der Waals surface area contributed by atoms with Crippen molar-refractivity contribution in [1.82, 2.24) is 53.2 Å². The molecule has 0 aliphatic heterocycles. The Kier molecular flexibility index (Phi) is 34.2. The Bertz CT molecular complexity index is 2430. The topological polar surface area (TPSA) is 504 Å². The van der Waals surface area contributed by atoms with Gasteiger partial charge in [-0.2, -0.15) is 0 Å². The van der Waals surface area contributed by atoms with E-state index in [0.29, 0.717) is 24.8 Å². The van der Waals surface area contributed by atoms with Gasteiger partial charge in [0.15, 0.2) is 0 Å². The molecule has 30 heteroatoms. The van der Waals surface area contributed by atoms with Crippen LogP contribution >= 0.6 is 0 Å². The highest BCUT2D eigenvalue weighted by molar-refractivity contribution is 5.99. The van der Waals surface area contributed by atoms with Crippen LogP contribution in [-0.4, -0.2) is 189 Å². The molecule has 0 saturated heterocycles. The van der Waals surface area contributed by atoms with Crippen molar-refractivity contribution >= 4 is 70.9 Å². The van der Waals surface area contributed by atoms with Crippen LogP contribution in [0, 0.1) is 23.7 Å². The number of carboxylic acids is 1. The zero-order valence-electron chi connectivity index (χ0n) is 50.9. The molecule has 1 rings (SSSR count). The zero-order valence-corrected chi connectivity index (χ0v) is 50.9. The second-order valence-electron chi connectivity index (χ2n) is 22.4. The first-order valence-electron chi connectivity index (χ1n) is 28.9. The summed E-state index contributed by atoms with van der Waals surface area (Å²) in [5, 5.41) is 75.0. The predicted octanol–water partition coefficient (Wildman–Crippen LogP) is -4.23. The highest BCUT2D eigenvalue weighted by atomic mass is 16.4. The molecule has 86 heavy (non-hydrogen) atoms. The van der Waals surface area contributed by atoms with E-state index in [4.69, 9.17) is 17.2 Å². The molecule has 1 aromatic carbocycles. The largest absolute Gasteiger partial charge is 0.508 e. The highest BCUT2D eigenvalue weighted by Crippen LogP contribution is 2.16. The number of primary amides is 1. The molecule has 0 unspecified atom stereocenters. The van der Waals surface area contributed by atoms with E-state index in [9.17, 15) is 83.1 Å². The molecule has 14 atom stereocenters. The summed E-state index contributed by atoms with van der Waals surface area (Å²) in [7, 11) is 0. The molecule has 0 aliphatic carbocycles. The van der Waals surface area contributed by atoms with E-state index in [1.165, 1.54) is 31.2 Å². The van der Waals surface area contributed by atoms with Gasteiger partial charge < -0.3 is 95.9 Å². The molecule has 0 aromatic heterocycles. The quantitative estimate of drug-likeness (QED) is 0.0277. The Morgan fingerprint density at radius 1 is 0.523 bits per heavy atom. The second-order valence-corrected chi connectivity index (χ2v) is 22.4. The van der Waals surface area contributed by atoms with Gasteiger partial charge in [-0.3, -0.25) is 57.5 Å². The van der Waals surface area contributed by atoms with Crippen LogP contribution in [0.25, 0.3) is 0 Å². The van der Waals surface area contributed by atoms with Crippen molar-refractivity contribution in [2.75, 3.05) is 19.7 Å². The Labute approximate surface area is 501 Å². The number of aromatic hydroxyl groups is 1. The molecule has 0 saturated carbocycles. The lowest BCUT2D eigenvalue weighted by atomic mass is 9.96. The number of aliphatic carboxylic acids is 1. The number of phenols is 1. The maximum absolute atomic E-state index is 14.3. The van der Waals surface area contributed by atoms with Gasteiger partial charge in [-0.15, -0.1) is 0 Å². The van der Waals surface area contributed by atoms with Gasteiger partial charge in [0.2, 0.25) is 65.0 Å². The van der Waals surface area contributed by atoms with Crippen molar-refractivity contribution in [3.05, 3.63) is 29.8 Å². The van der Waals surface area contributed by atoms with Gasteiger partial charge in [0, 0.05) is 12.8 Å². The molecule has 0 heterocycles. The van der Waals surface area contributed by atoms with Crippen LogP contribution in [0.4, 0.5) is 0 Å². The van der Waals surface area contributed by atoms with E-state index in [1.807, 2.05) is 0 Å². The Hall–Kier alpha value is -7.54. The summed E-state index contributed by atoms with van der Waals surface area (Å²) < 4.78 is 0. The lowest BCUT2D eigenvalue weighted by molar-refractivity contribution is -0.139. The van der Waals surface area contributed by atoms with Crippen LogP contribution in [0.1, 0.15) is 126 Å². The first-order chi connectivity index (χ1) is 40.2. The van der Waals surface area contributed by atoms with Gasteiger partial charge in [-0.25, -0.2) is 0 Å². The maximum Gasteiger partial charge on any atom is 0.303 e. The molecule has 11 amide bonds. The summed E-state index contributed by atoms with van der Waals surface area (Å²) >= 11 is 0. The number of carbonyl (C=O) groups excluding carboxylic acids is 11. The van der Waals surface area contributed by atoms with E-state index in [2.05, 4.69) is 53.2 Å². The first-order valence-corrected chi connectivity index (χ1v) is 28.9. The number of unbranched alkanes of at least 4 members (excludes halogenated alkanes) is 1. The lowest BCUT2D eigenvalue weighted by Crippen LogP contribution is -2.63. The monoisotopic (exact) mass is 1220 g/mol. The number of nitrogens with one attached hydrogen (secondary N) is 10. The average Bonchev–Trinajstić information content (AvgIpc) is 3.58. The zero-order chi connectivity index (χ0) is 65.7. The van der Waals surface area contributed by atoms with Crippen molar-refractivity contribution in [3.63, 3.8) is 0 Å². The van der Waals surface area contributed by atoms with Crippen molar-refractivity contribution < 1.29 is 83.1 Å². The van der Waals surface area contributed by atoms with Crippen LogP contribution in [0.15, 0.2) is 24.3 Å². The second kappa shape index (κ2) is 38.5. The van der Waals surface area contributed by atoms with Gasteiger partial charge in [0.1, 0.15) is 66.2 Å². The minimum absolute atomic E-state index is 0.0669. The van der Waals surface area contributed by atoms with Crippen LogP contribution in [0.3, 0.4) is 0 Å². The van der Waals surface area contributed by atoms with Crippen LogP contribution in [0.5, 0.6) is 5.75 Å². The van der Waals surface area contributed by atoms with Gasteiger partial charge in [-0.1, -0.05) is 80.4 Å². The molecular formula is C56H95N13O17. The molecule has 0 aliphatic rings. The van der Waals surface area contributed by atoms with Crippen molar-refractivity contribution in [1.29, 1.82) is 0 Å². The number of aliphatic hydroxyl groups excluding tert-OH is 3. The number of phenolic OH excluding ortho intramolecular Hbond substituents is 1. The third-order valence-electron chi connectivity index (χ3n) is 14.2. The molecule has 0 spiro atoms. The summed E-state index contributed by atoms with van der Waals surface area (Å²) in [5.41, 5.74) is 17.3.